The Morgan fingerprint density at radius 2 is 1.78 bits per heavy atom. The molecular formula is C19H19FN2O. The third-order valence-electron chi connectivity index (χ3n) is 4.12. The summed E-state index contributed by atoms with van der Waals surface area (Å²) < 4.78 is 13.8. The van der Waals surface area contributed by atoms with E-state index >= 15 is 0 Å². The molecule has 0 aliphatic heterocycles. The van der Waals surface area contributed by atoms with Gasteiger partial charge in [0.05, 0.1) is 6.04 Å². The molecular weight excluding hydrogens is 291 g/mol. The molecule has 1 aromatic heterocycles. The molecule has 118 valence electrons. The molecule has 2 N–H and O–H groups in total. The summed E-state index contributed by atoms with van der Waals surface area (Å²) in [4.78, 5) is 15.8. The van der Waals surface area contributed by atoms with Gasteiger partial charge in [-0.2, -0.15) is 0 Å². The SMILES string of the molecule is C[C@@H](N[C@H](C)c1ccccc1F)C(=O)c1c[nH]c2ccccc12. The molecule has 23 heavy (non-hydrogen) atoms. The van der Waals surface area contributed by atoms with Crippen LogP contribution in [0.4, 0.5) is 4.39 Å². The van der Waals surface area contributed by atoms with E-state index in [0.29, 0.717) is 11.1 Å². The summed E-state index contributed by atoms with van der Waals surface area (Å²) in [5.74, 6) is -0.273. The lowest BCUT2D eigenvalue weighted by Gasteiger charge is -2.19. The molecule has 3 rings (SSSR count). The van der Waals surface area contributed by atoms with Crippen molar-refractivity contribution in [1.29, 1.82) is 0 Å². The highest BCUT2D eigenvalue weighted by Gasteiger charge is 2.21. The first kappa shape index (κ1) is 15.4. The van der Waals surface area contributed by atoms with Gasteiger partial charge in [0.1, 0.15) is 5.82 Å². The number of H-pyrrole nitrogens is 1. The van der Waals surface area contributed by atoms with Crippen molar-refractivity contribution in [3.8, 4) is 0 Å². The molecule has 0 spiro atoms. The Kier molecular flexibility index (Phi) is 4.26. The van der Waals surface area contributed by atoms with Crippen LogP contribution in [0.2, 0.25) is 0 Å². The minimum Gasteiger partial charge on any atom is -0.360 e. The molecule has 2 atom stereocenters. The van der Waals surface area contributed by atoms with E-state index in [-0.39, 0.29) is 17.6 Å². The number of benzene rings is 2. The summed E-state index contributed by atoms with van der Waals surface area (Å²) in [6.45, 7) is 3.67. The van der Waals surface area contributed by atoms with Crippen molar-refractivity contribution in [3.05, 3.63) is 71.7 Å². The molecule has 0 bridgehead atoms. The first-order valence-electron chi connectivity index (χ1n) is 7.68. The highest BCUT2D eigenvalue weighted by atomic mass is 19.1. The van der Waals surface area contributed by atoms with Crippen LogP contribution in [0.3, 0.4) is 0 Å². The summed E-state index contributed by atoms with van der Waals surface area (Å²) in [6.07, 6.45) is 1.74. The average molecular weight is 310 g/mol. The number of hydrogen-bond acceptors (Lipinski definition) is 2. The Morgan fingerprint density at radius 3 is 2.57 bits per heavy atom. The molecule has 3 nitrogen and oxygen atoms in total. The second-order valence-corrected chi connectivity index (χ2v) is 5.74. The Morgan fingerprint density at radius 1 is 1.09 bits per heavy atom. The molecule has 0 fully saturated rings. The maximum absolute atomic E-state index is 13.8. The van der Waals surface area contributed by atoms with Crippen molar-refractivity contribution in [3.63, 3.8) is 0 Å². The molecule has 0 amide bonds. The third kappa shape index (κ3) is 3.03. The van der Waals surface area contributed by atoms with Crippen molar-refractivity contribution in [2.75, 3.05) is 0 Å². The number of hydrogen-bond donors (Lipinski definition) is 2. The highest BCUT2D eigenvalue weighted by molar-refractivity contribution is 6.10. The zero-order valence-electron chi connectivity index (χ0n) is 13.1. The van der Waals surface area contributed by atoms with E-state index < -0.39 is 6.04 Å². The van der Waals surface area contributed by atoms with E-state index in [2.05, 4.69) is 10.3 Å². The lowest BCUT2D eigenvalue weighted by molar-refractivity contribution is 0.0947. The van der Waals surface area contributed by atoms with Crippen LogP contribution in [0.15, 0.2) is 54.7 Å². The van der Waals surface area contributed by atoms with Crippen LogP contribution in [0.1, 0.15) is 35.8 Å². The van der Waals surface area contributed by atoms with Gasteiger partial charge in [-0.15, -0.1) is 0 Å². The minimum atomic E-state index is -0.413. The number of Topliss-reactive ketones (excluding diaryl/α,β-unsaturated/α-hetero) is 1. The van der Waals surface area contributed by atoms with E-state index in [1.165, 1.54) is 6.07 Å². The number of rotatable bonds is 5. The number of para-hydroxylation sites is 1. The normalized spacial score (nSPS) is 13.9. The van der Waals surface area contributed by atoms with Gasteiger partial charge < -0.3 is 10.3 Å². The van der Waals surface area contributed by atoms with Crippen molar-refractivity contribution in [2.45, 2.75) is 25.9 Å². The summed E-state index contributed by atoms with van der Waals surface area (Å²) in [7, 11) is 0. The average Bonchev–Trinajstić information content (AvgIpc) is 2.98. The van der Waals surface area contributed by atoms with Gasteiger partial charge >= 0.3 is 0 Å². The lowest BCUT2D eigenvalue weighted by Crippen LogP contribution is -2.36. The van der Waals surface area contributed by atoms with Crippen LogP contribution in [-0.4, -0.2) is 16.8 Å². The van der Waals surface area contributed by atoms with Crippen molar-refractivity contribution in [2.24, 2.45) is 0 Å². The zero-order valence-corrected chi connectivity index (χ0v) is 13.1. The Bertz CT molecular complexity index is 840. The minimum absolute atomic E-state index is 0.00867. The summed E-state index contributed by atoms with van der Waals surface area (Å²) in [6, 6.07) is 13.6. The van der Waals surface area contributed by atoms with Crippen molar-refractivity contribution in [1.82, 2.24) is 10.3 Å². The lowest BCUT2D eigenvalue weighted by atomic mass is 10.0. The van der Waals surface area contributed by atoms with E-state index in [1.807, 2.05) is 31.2 Å². The van der Waals surface area contributed by atoms with Crippen molar-refractivity contribution < 1.29 is 9.18 Å². The van der Waals surface area contributed by atoms with Gasteiger partial charge in [0, 0.05) is 34.3 Å². The molecule has 3 aromatic rings. The quantitative estimate of drug-likeness (QED) is 0.693. The van der Waals surface area contributed by atoms with Gasteiger partial charge in [-0.05, 0) is 26.0 Å². The fourth-order valence-corrected chi connectivity index (χ4v) is 2.88. The number of aromatic amines is 1. The number of carbonyl (C=O) groups is 1. The predicted molar refractivity (Wildman–Crippen MR) is 90.0 cm³/mol. The largest absolute Gasteiger partial charge is 0.360 e. The van der Waals surface area contributed by atoms with Gasteiger partial charge in [0.2, 0.25) is 0 Å². The van der Waals surface area contributed by atoms with Crippen LogP contribution in [0.25, 0.3) is 10.9 Å². The molecule has 2 aromatic carbocycles. The molecule has 0 aliphatic rings. The molecule has 0 radical (unpaired) electrons. The van der Waals surface area contributed by atoms with Crippen molar-refractivity contribution >= 4 is 16.7 Å². The second kappa shape index (κ2) is 6.34. The first-order valence-corrected chi connectivity index (χ1v) is 7.68. The molecule has 0 unspecified atom stereocenters. The Labute approximate surface area is 134 Å². The molecule has 0 saturated carbocycles. The molecule has 0 saturated heterocycles. The van der Waals surface area contributed by atoms with Gasteiger partial charge in [-0.1, -0.05) is 36.4 Å². The summed E-state index contributed by atoms with van der Waals surface area (Å²) in [5, 5.41) is 4.09. The van der Waals surface area contributed by atoms with Gasteiger partial charge in [0.25, 0.3) is 0 Å². The molecule has 0 aliphatic carbocycles. The molecule has 1 heterocycles. The van der Waals surface area contributed by atoms with Crippen LogP contribution < -0.4 is 5.32 Å². The molecule has 4 heteroatoms. The number of aromatic nitrogens is 1. The Hall–Kier alpha value is -2.46. The third-order valence-corrected chi connectivity index (χ3v) is 4.12. The van der Waals surface area contributed by atoms with E-state index in [4.69, 9.17) is 0 Å². The van der Waals surface area contributed by atoms with Crippen LogP contribution in [0.5, 0.6) is 0 Å². The van der Waals surface area contributed by atoms with Gasteiger partial charge in [0.15, 0.2) is 5.78 Å². The zero-order chi connectivity index (χ0) is 16.4. The second-order valence-electron chi connectivity index (χ2n) is 5.74. The van der Waals surface area contributed by atoms with E-state index in [1.54, 1.807) is 31.3 Å². The van der Waals surface area contributed by atoms with Gasteiger partial charge in [-0.25, -0.2) is 4.39 Å². The maximum atomic E-state index is 13.8. The number of nitrogens with one attached hydrogen (secondary N) is 2. The standard InChI is InChI=1S/C19H19FN2O/c1-12(14-7-3-5-9-17(14)20)22-13(2)19(23)16-11-21-18-10-6-4-8-15(16)18/h3-13,21-22H,1-2H3/t12-,13-/m1/s1. The topological polar surface area (TPSA) is 44.9 Å². The van der Waals surface area contributed by atoms with Crippen LogP contribution in [-0.2, 0) is 0 Å². The predicted octanol–water partition coefficient (Wildman–Crippen LogP) is 4.23. The van der Waals surface area contributed by atoms with E-state index in [9.17, 15) is 9.18 Å². The maximum Gasteiger partial charge on any atom is 0.181 e. The smallest absolute Gasteiger partial charge is 0.181 e. The fraction of sp³-hybridized carbons (Fsp3) is 0.211. The summed E-state index contributed by atoms with van der Waals surface area (Å²) >= 11 is 0. The number of carbonyl (C=O) groups excluding carboxylic acids is 1. The summed E-state index contributed by atoms with van der Waals surface area (Å²) in [5.41, 5.74) is 2.15. The fourth-order valence-electron chi connectivity index (χ4n) is 2.88. The number of fused-ring (bicyclic) bond motifs is 1. The first-order chi connectivity index (χ1) is 11.1. The highest BCUT2D eigenvalue weighted by Crippen LogP contribution is 2.21. The van der Waals surface area contributed by atoms with Gasteiger partial charge in [-0.3, -0.25) is 4.79 Å². The Balaban J connectivity index is 1.79. The number of ketones is 1. The van der Waals surface area contributed by atoms with Crippen LogP contribution in [0, 0.1) is 5.82 Å². The van der Waals surface area contributed by atoms with Crippen LogP contribution >= 0.6 is 0 Å². The van der Waals surface area contributed by atoms with E-state index in [0.717, 1.165) is 10.9 Å². The monoisotopic (exact) mass is 310 g/mol. The number of halogens is 1.